The SMILES string of the molecule is CCNC(=NCCc1cccc(C(=O)N(C)C)c1)NCCn1ccnc1. The Kier molecular flexibility index (Phi) is 7.67. The third-order valence-electron chi connectivity index (χ3n) is 3.82. The van der Waals surface area contributed by atoms with Crippen LogP contribution in [0.25, 0.3) is 0 Å². The first-order valence-corrected chi connectivity index (χ1v) is 8.88. The molecule has 1 amide bonds. The van der Waals surface area contributed by atoms with E-state index in [-0.39, 0.29) is 5.91 Å². The van der Waals surface area contributed by atoms with Gasteiger partial charge in [-0.05, 0) is 31.0 Å². The van der Waals surface area contributed by atoms with Gasteiger partial charge in [-0.15, -0.1) is 0 Å². The first kappa shape index (κ1) is 19.5. The first-order chi connectivity index (χ1) is 12.6. The molecule has 0 saturated heterocycles. The molecule has 7 nitrogen and oxygen atoms in total. The fourth-order valence-electron chi connectivity index (χ4n) is 2.48. The summed E-state index contributed by atoms with van der Waals surface area (Å²) in [5.74, 6) is 0.818. The molecule has 0 aliphatic heterocycles. The summed E-state index contributed by atoms with van der Waals surface area (Å²) >= 11 is 0. The quantitative estimate of drug-likeness (QED) is 0.554. The van der Waals surface area contributed by atoms with Gasteiger partial charge in [-0.1, -0.05) is 12.1 Å². The van der Waals surface area contributed by atoms with E-state index in [1.54, 1.807) is 31.5 Å². The van der Waals surface area contributed by atoms with Crippen LogP contribution in [0.1, 0.15) is 22.8 Å². The second-order valence-corrected chi connectivity index (χ2v) is 6.14. The van der Waals surface area contributed by atoms with Gasteiger partial charge in [-0.3, -0.25) is 9.79 Å². The largest absolute Gasteiger partial charge is 0.357 e. The fraction of sp³-hybridized carbons (Fsp3) is 0.421. The van der Waals surface area contributed by atoms with Gasteiger partial charge in [0.2, 0.25) is 0 Å². The first-order valence-electron chi connectivity index (χ1n) is 8.88. The molecule has 0 radical (unpaired) electrons. The van der Waals surface area contributed by atoms with Crippen LogP contribution in [0, 0.1) is 0 Å². The lowest BCUT2D eigenvalue weighted by molar-refractivity contribution is 0.0827. The maximum absolute atomic E-state index is 12.1. The Morgan fingerprint density at radius 1 is 1.31 bits per heavy atom. The summed E-state index contributed by atoms with van der Waals surface area (Å²) in [4.78, 5) is 22.3. The van der Waals surface area contributed by atoms with E-state index >= 15 is 0 Å². The predicted octanol–water partition coefficient (Wildman–Crippen LogP) is 1.38. The van der Waals surface area contributed by atoms with E-state index in [0.29, 0.717) is 12.1 Å². The third-order valence-corrected chi connectivity index (χ3v) is 3.82. The van der Waals surface area contributed by atoms with E-state index in [9.17, 15) is 4.79 Å². The Balaban J connectivity index is 1.86. The summed E-state index contributed by atoms with van der Waals surface area (Å²) in [6, 6.07) is 7.74. The minimum atomic E-state index is 0.0184. The lowest BCUT2D eigenvalue weighted by atomic mass is 10.1. The molecule has 1 aromatic heterocycles. The molecular weight excluding hydrogens is 328 g/mol. The molecule has 0 fully saturated rings. The number of benzene rings is 1. The van der Waals surface area contributed by atoms with Crippen LogP contribution in [0.15, 0.2) is 48.0 Å². The van der Waals surface area contributed by atoms with E-state index < -0.39 is 0 Å². The van der Waals surface area contributed by atoms with Crippen molar-refractivity contribution in [2.75, 3.05) is 33.7 Å². The van der Waals surface area contributed by atoms with Gasteiger partial charge in [0.1, 0.15) is 0 Å². The molecule has 0 unspecified atom stereocenters. The van der Waals surface area contributed by atoms with Crippen LogP contribution in [-0.4, -0.2) is 60.0 Å². The van der Waals surface area contributed by atoms with E-state index in [2.05, 4.69) is 20.6 Å². The zero-order chi connectivity index (χ0) is 18.8. The molecule has 1 aromatic carbocycles. The van der Waals surface area contributed by atoms with E-state index in [1.807, 2.05) is 42.0 Å². The number of carbonyl (C=O) groups excluding carboxylic acids is 1. The number of nitrogens with one attached hydrogen (secondary N) is 2. The lowest BCUT2D eigenvalue weighted by Crippen LogP contribution is -2.39. The Bertz CT molecular complexity index is 709. The van der Waals surface area contributed by atoms with Gasteiger partial charge in [0.05, 0.1) is 6.33 Å². The summed E-state index contributed by atoms with van der Waals surface area (Å²) in [6.45, 7) is 5.11. The van der Waals surface area contributed by atoms with Crippen LogP contribution in [0.2, 0.25) is 0 Å². The van der Waals surface area contributed by atoms with Crippen LogP contribution >= 0.6 is 0 Å². The van der Waals surface area contributed by atoms with Gasteiger partial charge in [-0.2, -0.15) is 0 Å². The summed E-state index contributed by atoms with van der Waals surface area (Å²) in [6.07, 6.45) is 6.29. The molecule has 2 rings (SSSR count). The number of carbonyl (C=O) groups is 1. The standard InChI is InChI=1S/C19H28N6O/c1-4-21-19(23-11-13-25-12-10-20-15-25)22-9-8-16-6-5-7-17(14-16)18(26)24(2)3/h5-7,10,12,14-15H,4,8-9,11,13H2,1-3H3,(H2,21,22,23). The van der Waals surface area contributed by atoms with E-state index in [4.69, 9.17) is 0 Å². The van der Waals surface area contributed by atoms with Crippen LogP contribution in [0.5, 0.6) is 0 Å². The molecule has 7 heteroatoms. The summed E-state index contributed by atoms with van der Waals surface area (Å²) in [5.41, 5.74) is 1.82. The van der Waals surface area contributed by atoms with E-state index in [0.717, 1.165) is 37.6 Å². The normalized spacial score (nSPS) is 11.3. The Morgan fingerprint density at radius 3 is 2.85 bits per heavy atom. The molecule has 0 atom stereocenters. The fourth-order valence-corrected chi connectivity index (χ4v) is 2.48. The van der Waals surface area contributed by atoms with Crippen molar-refractivity contribution in [3.63, 3.8) is 0 Å². The zero-order valence-corrected chi connectivity index (χ0v) is 15.8. The Morgan fingerprint density at radius 2 is 2.15 bits per heavy atom. The maximum Gasteiger partial charge on any atom is 0.253 e. The molecule has 0 aliphatic rings. The van der Waals surface area contributed by atoms with Gasteiger partial charge in [0.15, 0.2) is 5.96 Å². The lowest BCUT2D eigenvalue weighted by Gasteiger charge is -2.12. The molecule has 0 saturated carbocycles. The van der Waals surface area contributed by atoms with Crippen molar-refractivity contribution >= 4 is 11.9 Å². The Labute approximate surface area is 155 Å². The van der Waals surface area contributed by atoms with E-state index in [1.165, 1.54) is 0 Å². The number of guanidine groups is 1. The second-order valence-electron chi connectivity index (χ2n) is 6.14. The van der Waals surface area contributed by atoms with Crippen molar-refractivity contribution < 1.29 is 4.79 Å². The van der Waals surface area contributed by atoms with Crippen molar-refractivity contribution in [2.24, 2.45) is 4.99 Å². The summed E-state index contributed by atoms with van der Waals surface area (Å²) < 4.78 is 2.02. The molecule has 140 valence electrons. The maximum atomic E-state index is 12.1. The molecule has 26 heavy (non-hydrogen) atoms. The number of amides is 1. The number of rotatable bonds is 8. The van der Waals surface area contributed by atoms with Crippen molar-refractivity contribution in [3.05, 3.63) is 54.1 Å². The van der Waals surface area contributed by atoms with Crippen molar-refractivity contribution in [1.29, 1.82) is 0 Å². The van der Waals surface area contributed by atoms with Gasteiger partial charge >= 0.3 is 0 Å². The average molecular weight is 356 g/mol. The van der Waals surface area contributed by atoms with Gasteiger partial charge in [0, 0.05) is 58.2 Å². The van der Waals surface area contributed by atoms with Crippen LogP contribution in [0.3, 0.4) is 0 Å². The summed E-state index contributed by atoms with van der Waals surface area (Å²) in [5, 5.41) is 6.57. The van der Waals surface area contributed by atoms with Crippen LogP contribution in [-0.2, 0) is 13.0 Å². The molecule has 2 aromatic rings. The topological polar surface area (TPSA) is 74.6 Å². The van der Waals surface area contributed by atoms with Gasteiger partial charge in [0.25, 0.3) is 5.91 Å². The molecule has 0 spiro atoms. The van der Waals surface area contributed by atoms with Gasteiger partial charge in [-0.25, -0.2) is 4.98 Å². The molecule has 2 N–H and O–H groups in total. The zero-order valence-electron chi connectivity index (χ0n) is 15.8. The molecular formula is C19H28N6O. The predicted molar refractivity (Wildman–Crippen MR) is 104 cm³/mol. The molecule has 0 aliphatic carbocycles. The average Bonchev–Trinajstić information content (AvgIpc) is 3.14. The monoisotopic (exact) mass is 356 g/mol. The second kappa shape index (κ2) is 10.2. The smallest absolute Gasteiger partial charge is 0.253 e. The van der Waals surface area contributed by atoms with Crippen molar-refractivity contribution in [3.8, 4) is 0 Å². The highest BCUT2D eigenvalue weighted by Gasteiger charge is 2.08. The third kappa shape index (κ3) is 6.23. The van der Waals surface area contributed by atoms with Crippen LogP contribution < -0.4 is 10.6 Å². The van der Waals surface area contributed by atoms with Gasteiger partial charge < -0.3 is 20.1 Å². The Hall–Kier alpha value is -2.83. The number of imidazole rings is 1. The minimum absolute atomic E-state index is 0.0184. The number of aromatic nitrogens is 2. The highest BCUT2D eigenvalue weighted by Crippen LogP contribution is 2.08. The number of hydrogen-bond donors (Lipinski definition) is 2. The highest BCUT2D eigenvalue weighted by molar-refractivity contribution is 5.94. The minimum Gasteiger partial charge on any atom is -0.357 e. The van der Waals surface area contributed by atoms with Crippen LogP contribution in [0.4, 0.5) is 0 Å². The summed E-state index contributed by atoms with van der Waals surface area (Å²) in [7, 11) is 3.52. The number of aliphatic imine (C=N–C) groups is 1. The van der Waals surface area contributed by atoms with Crippen molar-refractivity contribution in [1.82, 2.24) is 25.1 Å². The number of nitrogens with zero attached hydrogens (tertiary/aromatic N) is 4. The van der Waals surface area contributed by atoms with Crippen molar-refractivity contribution in [2.45, 2.75) is 19.9 Å². The highest BCUT2D eigenvalue weighted by atomic mass is 16.2. The molecule has 1 heterocycles. The molecule has 0 bridgehead atoms. The number of hydrogen-bond acceptors (Lipinski definition) is 3.